The second kappa shape index (κ2) is 3.78. The summed E-state index contributed by atoms with van der Waals surface area (Å²) in [5.41, 5.74) is -2.97. The van der Waals surface area contributed by atoms with Crippen LogP contribution in [0.2, 0.25) is 0 Å². The molecule has 0 amide bonds. The molecule has 2 N–H and O–H groups in total. The van der Waals surface area contributed by atoms with Gasteiger partial charge in [-0.1, -0.05) is 6.92 Å². The van der Waals surface area contributed by atoms with Crippen LogP contribution in [0.15, 0.2) is 0 Å². The molecule has 3 atom stereocenters. The van der Waals surface area contributed by atoms with E-state index in [-0.39, 0.29) is 0 Å². The Balaban J connectivity index is 4.89. The molecule has 0 spiro atoms. The Morgan fingerprint density at radius 1 is 1.62 bits per heavy atom. The van der Waals surface area contributed by atoms with E-state index >= 15 is 0 Å². The minimum atomic E-state index is -3.07. The number of hydrogen-bond donors (Lipinski definition) is 2. The molecule has 0 saturated heterocycles. The summed E-state index contributed by atoms with van der Waals surface area (Å²) in [5.74, 6) is -1.40. The first-order valence-electron chi connectivity index (χ1n) is 3.75. The zero-order chi connectivity index (χ0) is 10.9. The van der Waals surface area contributed by atoms with E-state index in [0.29, 0.717) is 0 Å². The van der Waals surface area contributed by atoms with E-state index in [1.807, 2.05) is 0 Å². The Hall–Kier alpha value is -0.380. The molecule has 0 aliphatic rings. The van der Waals surface area contributed by atoms with E-state index in [9.17, 15) is 14.5 Å². The smallest absolute Gasteiger partial charge is 0.336 e. The monoisotopic (exact) mass is 210 g/mol. The Labute approximate surface area is 77.2 Å². The molecule has 0 saturated carbocycles. The quantitative estimate of drug-likeness (QED) is 0.669. The van der Waals surface area contributed by atoms with Crippen molar-refractivity contribution in [3.63, 3.8) is 0 Å². The lowest BCUT2D eigenvalue weighted by atomic mass is 10.0. The van der Waals surface area contributed by atoms with Gasteiger partial charge in [0.15, 0.2) is 5.60 Å². The third kappa shape index (κ3) is 2.53. The van der Waals surface area contributed by atoms with Gasteiger partial charge < -0.3 is 14.7 Å². The van der Waals surface area contributed by atoms with Crippen LogP contribution in [0.3, 0.4) is 0 Å². The van der Waals surface area contributed by atoms with E-state index < -0.39 is 24.6 Å². The molecule has 0 aromatic carbocycles. The first-order chi connectivity index (χ1) is 5.66. The summed E-state index contributed by atoms with van der Waals surface area (Å²) in [6.45, 7) is 3.79. The summed E-state index contributed by atoms with van der Waals surface area (Å²) >= 11 is 0. The minimum Gasteiger partial charge on any atom is -0.479 e. The number of aliphatic carboxylic acids is 1. The van der Waals surface area contributed by atoms with Gasteiger partial charge >= 0.3 is 5.97 Å². The van der Waals surface area contributed by atoms with Gasteiger partial charge in [0.25, 0.3) is 0 Å². The topological polar surface area (TPSA) is 83.8 Å². The summed E-state index contributed by atoms with van der Waals surface area (Å²) in [5, 5.41) is 18.1. The highest BCUT2D eigenvalue weighted by molar-refractivity contribution is 7.59. The van der Waals surface area contributed by atoms with Gasteiger partial charge in [-0.25, -0.2) is 4.79 Å². The molecule has 6 heteroatoms. The van der Waals surface area contributed by atoms with Crippen molar-refractivity contribution in [3.8, 4) is 0 Å². The summed E-state index contributed by atoms with van der Waals surface area (Å²) in [4.78, 5) is 10.6. The zero-order valence-corrected chi connectivity index (χ0v) is 9.04. The molecule has 78 valence electrons. The van der Waals surface area contributed by atoms with Crippen LogP contribution in [0, 0.1) is 0 Å². The van der Waals surface area contributed by atoms with Crippen molar-refractivity contribution in [1.82, 2.24) is 0 Å². The first kappa shape index (κ1) is 12.6. The number of carboxylic acid groups (broad SMARTS) is 1. The molecule has 0 heterocycles. The number of rotatable bonds is 4. The van der Waals surface area contributed by atoms with Crippen molar-refractivity contribution in [3.05, 3.63) is 0 Å². The lowest BCUT2D eigenvalue weighted by Gasteiger charge is -2.29. The number of hydrogen-bond acceptors (Lipinski definition) is 4. The minimum absolute atomic E-state index is 0.942. The normalized spacial score (nSPS) is 22.8. The molecule has 0 aliphatic carbocycles. The second-order valence-electron chi connectivity index (χ2n) is 3.22. The molecule has 5 nitrogen and oxygen atoms in total. The van der Waals surface area contributed by atoms with E-state index in [4.69, 9.17) is 5.11 Å². The van der Waals surface area contributed by atoms with Crippen LogP contribution < -0.4 is 0 Å². The van der Waals surface area contributed by atoms with Crippen LogP contribution in [0.4, 0.5) is 0 Å². The van der Waals surface area contributed by atoms with Gasteiger partial charge in [-0.3, -0.25) is 4.57 Å². The van der Waals surface area contributed by atoms with E-state index in [1.54, 1.807) is 0 Å². The zero-order valence-electron chi connectivity index (χ0n) is 8.14. The fourth-order valence-corrected chi connectivity index (χ4v) is 2.13. The molecule has 0 rings (SSSR count). The van der Waals surface area contributed by atoms with Crippen molar-refractivity contribution >= 4 is 13.3 Å². The van der Waals surface area contributed by atoms with Gasteiger partial charge in [-0.2, -0.15) is 0 Å². The summed E-state index contributed by atoms with van der Waals surface area (Å²) < 4.78 is 16.3. The maximum absolute atomic E-state index is 11.6. The number of aliphatic hydroxyl groups is 1. The SMILES string of the molecule is COP(C)(=O)C(C)C(C)(O)C(=O)O. The number of carboxylic acids is 1. The lowest BCUT2D eigenvalue weighted by molar-refractivity contribution is -0.156. The summed E-state index contributed by atoms with van der Waals surface area (Å²) in [6.07, 6.45) is 0. The maximum atomic E-state index is 11.6. The van der Waals surface area contributed by atoms with Crippen molar-refractivity contribution in [2.24, 2.45) is 0 Å². The van der Waals surface area contributed by atoms with Crippen LogP contribution in [0.25, 0.3) is 0 Å². The molecule has 0 radical (unpaired) electrons. The van der Waals surface area contributed by atoms with Gasteiger partial charge in [-0.05, 0) is 6.92 Å². The molecule has 3 unspecified atom stereocenters. The molecule has 0 aromatic rings. The van der Waals surface area contributed by atoms with Crippen LogP contribution in [-0.4, -0.2) is 41.2 Å². The van der Waals surface area contributed by atoms with Crippen LogP contribution in [0.5, 0.6) is 0 Å². The predicted molar refractivity (Wildman–Crippen MR) is 48.3 cm³/mol. The third-order valence-corrected chi connectivity index (χ3v) is 4.95. The first-order valence-corrected chi connectivity index (χ1v) is 5.89. The number of carbonyl (C=O) groups is 1. The predicted octanol–water partition coefficient (Wildman–Crippen LogP) is 0.765. The Morgan fingerprint density at radius 3 is 2.23 bits per heavy atom. The lowest BCUT2D eigenvalue weighted by Crippen LogP contribution is -2.45. The van der Waals surface area contributed by atoms with Gasteiger partial charge in [0, 0.05) is 13.8 Å². The van der Waals surface area contributed by atoms with Crippen LogP contribution in [0.1, 0.15) is 13.8 Å². The molecule has 0 fully saturated rings. The average Bonchev–Trinajstić information content (AvgIpc) is 2.02. The highest BCUT2D eigenvalue weighted by atomic mass is 31.2. The van der Waals surface area contributed by atoms with Gasteiger partial charge in [0.2, 0.25) is 7.37 Å². The molecular weight excluding hydrogens is 195 g/mol. The molecule has 0 bridgehead atoms. The highest BCUT2D eigenvalue weighted by Crippen LogP contribution is 2.51. The highest BCUT2D eigenvalue weighted by Gasteiger charge is 2.45. The third-order valence-electron chi connectivity index (χ3n) is 2.31. The Kier molecular flexibility index (Phi) is 3.67. The van der Waals surface area contributed by atoms with Gasteiger partial charge in [0.1, 0.15) is 0 Å². The Bertz CT molecular complexity index is 247. The molecule has 0 aromatic heterocycles. The fourth-order valence-electron chi connectivity index (χ4n) is 0.793. The molecular formula is C7H15O5P. The van der Waals surface area contributed by atoms with Gasteiger partial charge in [0.05, 0.1) is 5.66 Å². The van der Waals surface area contributed by atoms with Crippen molar-refractivity contribution in [2.75, 3.05) is 13.8 Å². The van der Waals surface area contributed by atoms with Crippen LogP contribution >= 0.6 is 7.37 Å². The van der Waals surface area contributed by atoms with E-state index in [2.05, 4.69) is 4.52 Å². The largest absolute Gasteiger partial charge is 0.479 e. The standard InChI is InChI=1S/C7H15O5P/c1-5(13(4,11)12-3)7(2,10)6(8)9/h5,10H,1-4H3,(H,8,9). The summed E-state index contributed by atoms with van der Waals surface area (Å²) in [6, 6.07) is 0. The van der Waals surface area contributed by atoms with Crippen molar-refractivity contribution in [2.45, 2.75) is 25.1 Å². The van der Waals surface area contributed by atoms with E-state index in [1.165, 1.54) is 20.7 Å². The second-order valence-corrected chi connectivity index (χ2v) is 6.18. The molecule has 0 aliphatic heterocycles. The maximum Gasteiger partial charge on any atom is 0.336 e. The van der Waals surface area contributed by atoms with Crippen molar-refractivity contribution in [1.29, 1.82) is 0 Å². The average molecular weight is 210 g/mol. The van der Waals surface area contributed by atoms with Crippen LogP contribution in [-0.2, 0) is 13.9 Å². The van der Waals surface area contributed by atoms with Gasteiger partial charge in [-0.15, -0.1) is 0 Å². The van der Waals surface area contributed by atoms with E-state index in [0.717, 1.165) is 6.92 Å². The fraction of sp³-hybridized carbons (Fsp3) is 0.857. The Morgan fingerprint density at radius 2 is 2.00 bits per heavy atom. The summed E-state index contributed by atoms with van der Waals surface area (Å²) in [7, 11) is -1.84. The molecule has 13 heavy (non-hydrogen) atoms. The van der Waals surface area contributed by atoms with Crippen molar-refractivity contribution < 1.29 is 24.1 Å².